The molecule has 0 aromatic rings. The van der Waals surface area contributed by atoms with Crippen LogP contribution in [0.3, 0.4) is 0 Å². The van der Waals surface area contributed by atoms with Crippen molar-refractivity contribution in [3.8, 4) is 0 Å². The molecule has 1 heterocycles. The lowest BCUT2D eigenvalue weighted by Gasteiger charge is -2.14. The van der Waals surface area contributed by atoms with Crippen LogP contribution in [0, 0.1) is 5.92 Å². The molecule has 0 amide bonds. The summed E-state index contributed by atoms with van der Waals surface area (Å²) < 4.78 is 15.7. The fraction of sp³-hybridized carbons (Fsp3) is 1.00. The van der Waals surface area contributed by atoms with Crippen molar-refractivity contribution in [2.75, 3.05) is 20.8 Å². The lowest BCUT2D eigenvalue weighted by Crippen LogP contribution is -2.21. The third-order valence-corrected chi connectivity index (χ3v) is 2.20. The van der Waals surface area contributed by atoms with Crippen LogP contribution in [0.1, 0.15) is 12.8 Å². The Hall–Kier alpha value is -0.160. The van der Waals surface area contributed by atoms with Gasteiger partial charge in [-0.2, -0.15) is 0 Å². The van der Waals surface area contributed by atoms with Crippen molar-refractivity contribution < 1.29 is 14.2 Å². The summed E-state index contributed by atoms with van der Waals surface area (Å²) in [6.45, 7) is 0.671. The first-order valence-electron chi connectivity index (χ1n) is 4.23. The summed E-state index contributed by atoms with van der Waals surface area (Å²) in [4.78, 5) is 0. The van der Waals surface area contributed by atoms with Gasteiger partial charge in [0.25, 0.3) is 0 Å². The van der Waals surface area contributed by atoms with Gasteiger partial charge in [-0.1, -0.05) is 0 Å². The first-order chi connectivity index (χ1) is 5.81. The van der Waals surface area contributed by atoms with Gasteiger partial charge in [0.05, 0.1) is 0 Å². The summed E-state index contributed by atoms with van der Waals surface area (Å²) in [6, 6.07) is 0. The SMILES string of the molecule is COC1CC(CCN)C(OC)O1. The first-order valence-corrected chi connectivity index (χ1v) is 4.23. The molecule has 2 N–H and O–H groups in total. The maximum atomic E-state index is 5.46. The molecule has 72 valence electrons. The second-order valence-corrected chi connectivity index (χ2v) is 2.98. The lowest BCUT2D eigenvalue weighted by atomic mass is 10.0. The van der Waals surface area contributed by atoms with Crippen molar-refractivity contribution in [2.45, 2.75) is 25.4 Å². The minimum absolute atomic E-state index is 0.119. The highest BCUT2D eigenvalue weighted by Gasteiger charge is 2.34. The van der Waals surface area contributed by atoms with Gasteiger partial charge in [-0.15, -0.1) is 0 Å². The van der Waals surface area contributed by atoms with Crippen LogP contribution in [0.15, 0.2) is 0 Å². The highest BCUT2D eigenvalue weighted by Crippen LogP contribution is 2.29. The lowest BCUT2D eigenvalue weighted by molar-refractivity contribution is -0.193. The van der Waals surface area contributed by atoms with Crippen molar-refractivity contribution in [3.63, 3.8) is 0 Å². The van der Waals surface area contributed by atoms with Crippen molar-refractivity contribution in [2.24, 2.45) is 11.7 Å². The topological polar surface area (TPSA) is 53.7 Å². The summed E-state index contributed by atoms with van der Waals surface area (Å²) in [6.07, 6.45) is 1.55. The molecule has 0 aromatic carbocycles. The summed E-state index contributed by atoms with van der Waals surface area (Å²) in [7, 11) is 3.29. The minimum atomic E-state index is -0.140. The molecular weight excluding hydrogens is 158 g/mol. The van der Waals surface area contributed by atoms with Crippen molar-refractivity contribution in [3.05, 3.63) is 0 Å². The molecule has 0 aromatic heterocycles. The molecule has 0 bridgehead atoms. The molecule has 1 aliphatic heterocycles. The van der Waals surface area contributed by atoms with E-state index in [2.05, 4.69) is 0 Å². The Balaban J connectivity index is 2.39. The minimum Gasteiger partial charge on any atom is -0.356 e. The Morgan fingerprint density at radius 2 is 2.17 bits per heavy atom. The molecule has 3 atom stereocenters. The van der Waals surface area contributed by atoms with Gasteiger partial charge in [-0.05, 0) is 13.0 Å². The molecule has 1 saturated heterocycles. The Labute approximate surface area is 73.0 Å². The molecule has 12 heavy (non-hydrogen) atoms. The fourth-order valence-corrected chi connectivity index (χ4v) is 1.54. The van der Waals surface area contributed by atoms with E-state index in [-0.39, 0.29) is 12.6 Å². The fourth-order valence-electron chi connectivity index (χ4n) is 1.54. The van der Waals surface area contributed by atoms with Crippen LogP contribution in [0.5, 0.6) is 0 Å². The van der Waals surface area contributed by atoms with Crippen LogP contribution in [0.25, 0.3) is 0 Å². The number of hydrogen-bond acceptors (Lipinski definition) is 4. The molecule has 1 rings (SSSR count). The van der Waals surface area contributed by atoms with Gasteiger partial charge in [0.1, 0.15) is 0 Å². The predicted octanol–water partition coefficient (Wildman–Crippen LogP) is 0.317. The third-order valence-electron chi connectivity index (χ3n) is 2.20. The molecular formula is C8H17NO3. The van der Waals surface area contributed by atoms with E-state index in [1.807, 2.05) is 0 Å². The maximum Gasteiger partial charge on any atom is 0.163 e. The normalized spacial score (nSPS) is 35.8. The molecule has 3 unspecified atom stereocenters. The number of ether oxygens (including phenoxy) is 3. The van der Waals surface area contributed by atoms with Gasteiger partial charge in [-0.25, -0.2) is 0 Å². The molecule has 4 nitrogen and oxygen atoms in total. The molecule has 1 fully saturated rings. The largest absolute Gasteiger partial charge is 0.356 e. The van der Waals surface area contributed by atoms with E-state index in [1.54, 1.807) is 14.2 Å². The van der Waals surface area contributed by atoms with E-state index in [4.69, 9.17) is 19.9 Å². The second-order valence-electron chi connectivity index (χ2n) is 2.98. The Morgan fingerprint density at radius 3 is 2.67 bits per heavy atom. The summed E-state index contributed by atoms with van der Waals surface area (Å²) in [5.74, 6) is 0.380. The summed E-state index contributed by atoms with van der Waals surface area (Å²) in [5, 5.41) is 0. The molecule has 0 aliphatic carbocycles. The van der Waals surface area contributed by atoms with Crippen molar-refractivity contribution in [1.29, 1.82) is 0 Å². The smallest absolute Gasteiger partial charge is 0.163 e. The molecule has 4 heteroatoms. The molecule has 1 aliphatic rings. The zero-order valence-electron chi connectivity index (χ0n) is 7.66. The maximum absolute atomic E-state index is 5.46. The van der Waals surface area contributed by atoms with Crippen LogP contribution >= 0.6 is 0 Å². The van der Waals surface area contributed by atoms with E-state index < -0.39 is 0 Å². The van der Waals surface area contributed by atoms with Gasteiger partial charge >= 0.3 is 0 Å². The van der Waals surface area contributed by atoms with Crippen LogP contribution in [-0.4, -0.2) is 33.3 Å². The van der Waals surface area contributed by atoms with Crippen molar-refractivity contribution in [1.82, 2.24) is 0 Å². The average Bonchev–Trinajstić information content (AvgIpc) is 2.48. The van der Waals surface area contributed by atoms with Crippen LogP contribution in [0.2, 0.25) is 0 Å². The number of nitrogens with two attached hydrogens (primary N) is 1. The summed E-state index contributed by atoms with van der Waals surface area (Å²) in [5.41, 5.74) is 5.46. The van der Waals surface area contributed by atoms with Gasteiger partial charge < -0.3 is 19.9 Å². The second kappa shape index (κ2) is 4.77. The van der Waals surface area contributed by atoms with Gasteiger partial charge in [0.2, 0.25) is 0 Å². The molecule has 0 spiro atoms. The predicted molar refractivity (Wildman–Crippen MR) is 44.5 cm³/mol. The Kier molecular flexibility index (Phi) is 3.94. The third kappa shape index (κ3) is 2.17. The van der Waals surface area contributed by atoms with E-state index in [1.165, 1.54) is 0 Å². The van der Waals surface area contributed by atoms with Crippen LogP contribution in [0.4, 0.5) is 0 Å². The van der Waals surface area contributed by atoms with Gasteiger partial charge in [0.15, 0.2) is 12.6 Å². The average molecular weight is 175 g/mol. The van der Waals surface area contributed by atoms with E-state index in [0.717, 1.165) is 12.8 Å². The Bertz CT molecular complexity index is 131. The zero-order chi connectivity index (χ0) is 8.97. The standard InChI is InChI=1S/C8H17NO3/c1-10-7-5-6(3-4-9)8(11-2)12-7/h6-8H,3-5,9H2,1-2H3. The Morgan fingerprint density at radius 1 is 1.42 bits per heavy atom. The molecule has 0 radical (unpaired) electrons. The highest BCUT2D eigenvalue weighted by atomic mass is 16.8. The zero-order valence-corrected chi connectivity index (χ0v) is 7.66. The first kappa shape index (κ1) is 9.92. The van der Waals surface area contributed by atoms with Crippen molar-refractivity contribution >= 4 is 0 Å². The van der Waals surface area contributed by atoms with Crippen LogP contribution < -0.4 is 5.73 Å². The van der Waals surface area contributed by atoms with Gasteiger partial charge in [-0.3, -0.25) is 0 Å². The highest BCUT2D eigenvalue weighted by molar-refractivity contribution is 4.72. The quantitative estimate of drug-likeness (QED) is 0.668. The number of rotatable bonds is 4. The summed E-state index contributed by atoms with van der Waals surface area (Å²) >= 11 is 0. The number of methoxy groups -OCH3 is 2. The van der Waals surface area contributed by atoms with E-state index in [0.29, 0.717) is 12.5 Å². The monoisotopic (exact) mass is 175 g/mol. The molecule has 0 saturated carbocycles. The number of hydrogen-bond donors (Lipinski definition) is 1. The van der Waals surface area contributed by atoms with Crippen LogP contribution in [-0.2, 0) is 14.2 Å². The van der Waals surface area contributed by atoms with E-state index in [9.17, 15) is 0 Å². The van der Waals surface area contributed by atoms with E-state index >= 15 is 0 Å². The van der Waals surface area contributed by atoms with Gasteiger partial charge in [0, 0.05) is 26.6 Å².